The molecule has 5 nitrogen and oxygen atoms in total. The van der Waals surface area contributed by atoms with Gasteiger partial charge in [-0.1, -0.05) is 30.3 Å². The molecule has 2 aromatic rings. The summed E-state index contributed by atoms with van der Waals surface area (Å²) in [5.74, 6) is 1.57. The predicted molar refractivity (Wildman–Crippen MR) is 85.0 cm³/mol. The molecule has 0 radical (unpaired) electrons. The quantitative estimate of drug-likeness (QED) is 0.796. The lowest BCUT2D eigenvalue weighted by Crippen LogP contribution is -2.07. The highest BCUT2D eigenvalue weighted by Crippen LogP contribution is 2.42. The SMILES string of the molecule is COc1cc([C@H](O)[C@H]2CO2)cc(OC)c1OCc1ccccc1. The third-order valence-corrected chi connectivity index (χ3v) is 3.76. The fraction of sp³-hybridized carbons (Fsp3) is 0.333. The van der Waals surface area contributed by atoms with Crippen LogP contribution in [0.15, 0.2) is 42.5 Å². The van der Waals surface area contributed by atoms with Crippen molar-refractivity contribution in [2.24, 2.45) is 0 Å². The molecule has 0 spiro atoms. The highest BCUT2D eigenvalue weighted by Gasteiger charge is 2.33. The molecule has 122 valence electrons. The predicted octanol–water partition coefficient (Wildman–Crippen LogP) is 2.72. The first-order chi connectivity index (χ1) is 11.2. The third kappa shape index (κ3) is 3.57. The van der Waals surface area contributed by atoms with Crippen molar-refractivity contribution in [3.63, 3.8) is 0 Å². The van der Waals surface area contributed by atoms with E-state index < -0.39 is 6.10 Å². The van der Waals surface area contributed by atoms with E-state index in [-0.39, 0.29) is 6.10 Å². The fourth-order valence-electron chi connectivity index (χ4n) is 2.40. The summed E-state index contributed by atoms with van der Waals surface area (Å²) < 4.78 is 21.8. The van der Waals surface area contributed by atoms with Crippen molar-refractivity contribution in [3.05, 3.63) is 53.6 Å². The van der Waals surface area contributed by atoms with Gasteiger partial charge in [-0.05, 0) is 23.3 Å². The fourth-order valence-corrected chi connectivity index (χ4v) is 2.40. The van der Waals surface area contributed by atoms with E-state index in [1.807, 2.05) is 30.3 Å². The Morgan fingerprint density at radius 2 is 1.74 bits per heavy atom. The molecule has 3 rings (SSSR count). The maximum atomic E-state index is 10.2. The Bertz CT molecular complexity index is 627. The zero-order chi connectivity index (χ0) is 16.2. The third-order valence-electron chi connectivity index (χ3n) is 3.76. The molecule has 1 aliphatic heterocycles. The van der Waals surface area contributed by atoms with Gasteiger partial charge in [-0.15, -0.1) is 0 Å². The van der Waals surface area contributed by atoms with Crippen LogP contribution in [0.4, 0.5) is 0 Å². The normalized spacial score (nSPS) is 17.4. The lowest BCUT2D eigenvalue weighted by atomic mass is 10.1. The number of methoxy groups -OCH3 is 2. The molecule has 0 bridgehead atoms. The van der Waals surface area contributed by atoms with Gasteiger partial charge in [-0.25, -0.2) is 0 Å². The van der Waals surface area contributed by atoms with Crippen molar-refractivity contribution in [2.75, 3.05) is 20.8 Å². The smallest absolute Gasteiger partial charge is 0.203 e. The van der Waals surface area contributed by atoms with Gasteiger partial charge in [0.25, 0.3) is 0 Å². The molecule has 0 amide bonds. The van der Waals surface area contributed by atoms with Crippen LogP contribution in [-0.4, -0.2) is 32.0 Å². The van der Waals surface area contributed by atoms with Gasteiger partial charge >= 0.3 is 0 Å². The Balaban J connectivity index is 1.85. The number of aliphatic hydroxyl groups excluding tert-OH is 1. The van der Waals surface area contributed by atoms with E-state index in [2.05, 4.69) is 0 Å². The van der Waals surface area contributed by atoms with E-state index in [0.29, 0.717) is 36.0 Å². The van der Waals surface area contributed by atoms with Crippen molar-refractivity contribution in [3.8, 4) is 17.2 Å². The lowest BCUT2D eigenvalue weighted by molar-refractivity contribution is 0.136. The van der Waals surface area contributed by atoms with E-state index in [4.69, 9.17) is 18.9 Å². The van der Waals surface area contributed by atoms with Gasteiger partial charge in [-0.2, -0.15) is 0 Å². The van der Waals surface area contributed by atoms with Gasteiger partial charge in [0.1, 0.15) is 18.8 Å². The van der Waals surface area contributed by atoms with Gasteiger partial charge < -0.3 is 24.1 Å². The number of hydrogen-bond acceptors (Lipinski definition) is 5. The van der Waals surface area contributed by atoms with Crippen LogP contribution < -0.4 is 14.2 Å². The molecule has 0 unspecified atom stereocenters. The Labute approximate surface area is 135 Å². The second kappa shape index (κ2) is 6.89. The van der Waals surface area contributed by atoms with Crippen LogP contribution in [0.1, 0.15) is 17.2 Å². The van der Waals surface area contributed by atoms with Crippen LogP contribution in [0.25, 0.3) is 0 Å². The molecule has 23 heavy (non-hydrogen) atoms. The summed E-state index contributed by atoms with van der Waals surface area (Å²) in [6.45, 7) is 0.971. The maximum Gasteiger partial charge on any atom is 0.203 e. The highest BCUT2D eigenvalue weighted by atomic mass is 16.6. The van der Waals surface area contributed by atoms with Crippen LogP contribution in [0.2, 0.25) is 0 Å². The van der Waals surface area contributed by atoms with Gasteiger partial charge in [0.05, 0.1) is 20.8 Å². The van der Waals surface area contributed by atoms with Gasteiger partial charge in [-0.3, -0.25) is 0 Å². The number of ether oxygens (including phenoxy) is 4. The topological polar surface area (TPSA) is 60.5 Å². The summed E-state index contributed by atoms with van der Waals surface area (Å²) in [5, 5.41) is 10.2. The van der Waals surface area contributed by atoms with Crippen molar-refractivity contribution in [1.29, 1.82) is 0 Å². The zero-order valence-electron chi connectivity index (χ0n) is 13.2. The van der Waals surface area contributed by atoms with Crippen molar-refractivity contribution < 1.29 is 24.1 Å². The van der Waals surface area contributed by atoms with Crippen LogP contribution in [-0.2, 0) is 11.3 Å². The Morgan fingerprint density at radius 3 is 2.26 bits per heavy atom. The number of rotatable bonds is 7. The average molecular weight is 316 g/mol. The highest BCUT2D eigenvalue weighted by molar-refractivity contribution is 5.54. The lowest BCUT2D eigenvalue weighted by Gasteiger charge is -2.17. The number of hydrogen-bond donors (Lipinski definition) is 1. The molecule has 0 aromatic heterocycles. The Kier molecular flexibility index (Phi) is 4.69. The van der Waals surface area contributed by atoms with E-state index in [1.165, 1.54) is 0 Å². The standard InChI is InChI=1S/C18H20O5/c1-20-14-8-13(17(19)16-11-22-16)9-15(21-2)18(14)23-10-12-6-4-3-5-7-12/h3-9,16-17,19H,10-11H2,1-2H3/t16-,17+/m1/s1. The summed E-state index contributed by atoms with van der Waals surface area (Å²) >= 11 is 0. The molecule has 0 aliphatic carbocycles. The first-order valence-electron chi connectivity index (χ1n) is 7.45. The molecule has 1 N–H and O–H groups in total. The maximum absolute atomic E-state index is 10.2. The van der Waals surface area contributed by atoms with Crippen LogP contribution in [0.5, 0.6) is 17.2 Å². The van der Waals surface area contributed by atoms with Crippen molar-refractivity contribution in [2.45, 2.75) is 18.8 Å². The molecule has 2 atom stereocenters. The largest absolute Gasteiger partial charge is 0.493 e. The first kappa shape index (κ1) is 15.6. The number of aliphatic hydroxyl groups is 1. The summed E-state index contributed by atoms with van der Waals surface area (Å²) in [4.78, 5) is 0. The van der Waals surface area contributed by atoms with E-state index in [0.717, 1.165) is 5.56 Å². The van der Waals surface area contributed by atoms with Crippen molar-refractivity contribution >= 4 is 0 Å². The average Bonchev–Trinajstić information content (AvgIpc) is 3.44. The van der Waals surface area contributed by atoms with Gasteiger partial charge in [0.2, 0.25) is 5.75 Å². The molecular formula is C18H20O5. The first-order valence-corrected chi connectivity index (χ1v) is 7.45. The van der Waals surface area contributed by atoms with Crippen molar-refractivity contribution in [1.82, 2.24) is 0 Å². The van der Waals surface area contributed by atoms with Crippen LogP contribution in [0.3, 0.4) is 0 Å². The molecule has 0 saturated carbocycles. The Morgan fingerprint density at radius 1 is 1.13 bits per heavy atom. The van der Waals surface area contributed by atoms with Crippen LogP contribution in [0, 0.1) is 0 Å². The minimum absolute atomic E-state index is 0.152. The minimum Gasteiger partial charge on any atom is -0.493 e. The summed E-state index contributed by atoms with van der Waals surface area (Å²) in [6, 6.07) is 13.4. The molecular weight excluding hydrogens is 296 g/mol. The molecule has 5 heteroatoms. The number of benzene rings is 2. The monoisotopic (exact) mass is 316 g/mol. The van der Waals surface area contributed by atoms with E-state index in [1.54, 1.807) is 26.4 Å². The number of epoxide rings is 1. The zero-order valence-corrected chi connectivity index (χ0v) is 13.2. The molecule has 1 aliphatic rings. The summed E-state index contributed by atoms with van der Waals surface area (Å²) in [6.07, 6.45) is -0.846. The molecule has 2 aromatic carbocycles. The van der Waals surface area contributed by atoms with Gasteiger partial charge in [0, 0.05) is 0 Å². The second-order valence-electron chi connectivity index (χ2n) is 5.35. The second-order valence-corrected chi connectivity index (χ2v) is 5.35. The van der Waals surface area contributed by atoms with E-state index >= 15 is 0 Å². The Hall–Kier alpha value is -2.24. The molecule has 1 heterocycles. The van der Waals surface area contributed by atoms with E-state index in [9.17, 15) is 5.11 Å². The van der Waals surface area contributed by atoms with Gasteiger partial charge in [0.15, 0.2) is 11.5 Å². The summed E-state index contributed by atoms with van der Waals surface area (Å²) in [7, 11) is 3.13. The molecule has 1 saturated heterocycles. The summed E-state index contributed by atoms with van der Waals surface area (Å²) in [5.41, 5.74) is 1.74. The minimum atomic E-state index is -0.694. The molecule has 1 fully saturated rings. The van der Waals surface area contributed by atoms with Crippen LogP contribution >= 0.6 is 0 Å².